The van der Waals surface area contributed by atoms with Crippen molar-refractivity contribution in [2.75, 3.05) is 23.1 Å². The first-order valence-corrected chi connectivity index (χ1v) is 10.6. The number of aromatic nitrogens is 2. The molecule has 3 amide bonds. The molecule has 0 aliphatic carbocycles. The lowest BCUT2D eigenvalue weighted by molar-refractivity contribution is -0.137. The van der Waals surface area contributed by atoms with E-state index in [-0.39, 0.29) is 11.6 Å². The van der Waals surface area contributed by atoms with Gasteiger partial charge >= 0.3 is 18.3 Å². The molecule has 0 fully saturated rings. The molecule has 4 rings (SSSR count). The highest BCUT2D eigenvalue weighted by atomic mass is 19.4. The topological polar surface area (TPSA) is 107 Å². The minimum Gasteiger partial charge on any atom is -0.457 e. The van der Waals surface area contributed by atoms with Gasteiger partial charge in [-0.25, -0.2) is 19.0 Å². The SMILES string of the molecule is COC(=O)Nc1nc2cc(Oc3ccc(NC(=O)Nc4cc(C(F)(F)F)ccc4F)cc3)ccc2n1C. The maximum Gasteiger partial charge on any atom is 0.416 e. The zero-order valence-corrected chi connectivity index (χ0v) is 19.3. The lowest BCUT2D eigenvalue weighted by Gasteiger charge is -2.12. The van der Waals surface area contributed by atoms with Gasteiger partial charge in [0.2, 0.25) is 5.95 Å². The Morgan fingerprint density at radius 3 is 2.30 bits per heavy atom. The predicted octanol–water partition coefficient (Wildman–Crippen LogP) is 6.35. The number of nitrogens with zero attached hydrogens (tertiary/aromatic N) is 2. The highest BCUT2D eigenvalue weighted by molar-refractivity contribution is 5.99. The van der Waals surface area contributed by atoms with Gasteiger partial charge in [-0.1, -0.05) is 0 Å². The van der Waals surface area contributed by atoms with E-state index >= 15 is 0 Å². The number of carbonyl (C=O) groups is 2. The molecule has 13 heteroatoms. The summed E-state index contributed by atoms with van der Waals surface area (Å²) in [6, 6.07) is 12.0. The molecule has 1 aromatic heterocycles. The first kappa shape index (κ1) is 25.3. The molecule has 0 saturated heterocycles. The van der Waals surface area contributed by atoms with E-state index in [1.165, 1.54) is 19.2 Å². The Morgan fingerprint density at radius 2 is 1.62 bits per heavy atom. The number of fused-ring (bicyclic) bond motifs is 1. The summed E-state index contributed by atoms with van der Waals surface area (Å²) < 4.78 is 64.5. The number of aryl methyl sites for hydroxylation is 1. The van der Waals surface area contributed by atoms with E-state index in [1.807, 2.05) is 0 Å². The number of benzene rings is 3. The van der Waals surface area contributed by atoms with Crippen molar-refractivity contribution >= 4 is 40.5 Å². The molecule has 0 bridgehead atoms. The fourth-order valence-corrected chi connectivity index (χ4v) is 3.32. The van der Waals surface area contributed by atoms with Crippen molar-refractivity contribution in [3.05, 3.63) is 72.0 Å². The fraction of sp³-hybridized carbons (Fsp3) is 0.125. The summed E-state index contributed by atoms with van der Waals surface area (Å²) in [5, 5.41) is 6.98. The van der Waals surface area contributed by atoms with Crippen LogP contribution in [0.25, 0.3) is 11.0 Å². The molecule has 3 N–H and O–H groups in total. The fourth-order valence-electron chi connectivity index (χ4n) is 3.32. The number of urea groups is 1. The Bertz CT molecular complexity index is 1470. The van der Waals surface area contributed by atoms with Crippen molar-refractivity contribution in [2.45, 2.75) is 6.18 Å². The van der Waals surface area contributed by atoms with E-state index in [2.05, 4.69) is 25.7 Å². The van der Waals surface area contributed by atoms with Crippen molar-refractivity contribution < 1.29 is 36.6 Å². The average Bonchev–Trinajstić information content (AvgIpc) is 3.15. The lowest BCUT2D eigenvalue weighted by Crippen LogP contribution is -2.20. The highest BCUT2D eigenvalue weighted by Crippen LogP contribution is 2.32. The first-order chi connectivity index (χ1) is 17.5. The van der Waals surface area contributed by atoms with E-state index in [0.717, 1.165) is 5.52 Å². The summed E-state index contributed by atoms with van der Waals surface area (Å²) in [5.74, 6) is 0.148. The molecule has 0 saturated carbocycles. The minimum absolute atomic E-state index is 0.288. The number of imidazole rings is 1. The van der Waals surface area contributed by atoms with Gasteiger partial charge in [-0.05, 0) is 54.6 Å². The summed E-state index contributed by atoms with van der Waals surface area (Å²) in [7, 11) is 2.97. The van der Waals surface area contributed by atoms with E-state index in [4.69, 9.17) is 4.74 Å². The summed E-state index contributed by atoms with van der Waals surface area (Å²) in [5.41, 5.74) is -0.117. The Balaban J connectivity index is 1.41. The van der Waals surface area contributed by atoms with Crippen LogP contribution in [0.15, 0.2) is 60.7 Å². The van der Waals surface area contributed by atoms with Gasteiger partial charge in [0.1, 0.15) is 17.3 Å². The molecule has 0 unspecified atom stereocenters. The number of rotatable bonds is 5. The standard InChI is InChI=1S/C24H19F4N5O4/c1-33-20-10-8-16(12-19(20)30-21(33)32-23(35)36-2)37-15-6-4-14(5-7-15)29-22(34)31-18-11-13(24(26,27)28)3-9-17(18)25/h3-12H,1-2H3,(H2,29,31,34)(H,30,32,35). The molecule has 3 aromatic carbocycles. The second-order valence-corrected chi connectivity index (χ2v) is 7.66. The molecular formula is C24H19F4N5O4. The van der Waals surface area contributed by atoms with E-state index in [0.29, 0.717) is 35.2 Å². The number of carbonyl (C=O) groups excluding carboxylic acids is 2. The second-order valence-electron chi connectivity index (χ2n) is 7.66. The lowest BCUT2D eigenvalue weighted by atomic mass is 10.2. The average molecular weight is 517 g/mol. The summed E-state index contributed by atoms with van der Waals surface area (Å²) in [6.45, 7) is 0. The Kier molecular flexibility index (Phi) is 6.87. The third-order valence-corrected chi connectivity index (χ3v) is 5.14. The molecule has 4 aromatic rings. The molecular weight excluding hydrogens is 498 g/mol. The number of anilines is 3. The van der Waals surface area contributed by atoms with Crippen LogP contribution in [-0.2, 0) is 18.0 Å². The molecule has 192 valence electrons. The number of ether oxygens (including phenoxy) is 2. The van der Waals surface area contributed by atoms with Gasteiger partial charge in [0, 0.05) is 18.8 Å². The third kappa shape index (κ3) is 5.89. The molecule has 0 aliphatic rings. The maximum atomic E-state index is 13.9. The van der Waals surface area contributed by atoms with Crippen LogP contribution in [0.4, 0.5) is 44.5 Å². The summed E-state index contributed by atoms with van der Waals surface area (Å²) in [4.78, 5) is 28.0. The summed E-state index contributed by atoms with van der Waals surface area (Å²) in [6.07, 6.45) is -5.34. The van der Waals surface area contributed by atoms with Gasteiger partial charge in [0.15, 0.2) is 0 Å². The number of hydrogen-bond donors (Lipinski definition) is 3. The van der Waals surface area contributed by atoms with E-state index in [1.54, 1.807) is 41.9 Å². The molecule has 0 aliphatic heterocycles. The molecule has 1 heterocycles. The number of hydrogen-bond acceptors (Lipinski definition) is 5. The normalized spacial score (nSPS) is 11.2. The van der Waals surface area contributed by atoms with Crippen LogP contribution in [0.5, 0.6) is 11.5 Å². The van der Waals surface area contributed by atoms with Gasteiger partial charge in [-0.2, -0.15) is 13.2 Å². The van der Waals surface area contributed by atoms with Gasteiger partial charge in [-0.3, -0.25) is 5.32 Å². The molecule has 9 nitrogen and oxygen atoms in total. The molecule has 0 spiro atoms. The number of nitrogens with one attached hydrogen (secondary N) is 3. The van der Waals surface area contributed by atoms with Crippen LogP contribution in [-0.4, -0.2) is 28.8 Å². The zero-order chi connectivity index (χ0) is 26.7. The quantitative estimate of drug-likeness (QED) is 0.268. The Labute approximate surface area is 207 Å². The van der Waals surface area contributed by atoms with Crippen molar-refractivity contribution in [3.63, 3.8) is 0 Å². The van der Waals surface area contributed by atoms with Crippen LogP contribution < -0.4 is 20.7 Å². The van der Waals surface area contributed by atoms with Crippen molar-refractivity contribution in [1.29, 1.82) is 0 Å². The predicted molar refractivity (Wildman–Crippen MR) is 127 cm³/mol. The number of alkyl halides is 3. The minimum atomic E-state index is -4.68. The maximum absolute atomic E-state index is 13.9. The second kappa shape index (κ2) is 10.0. The monoisotopic (exact) mass is 517 g/mol. The van der Waals surface area contributed by atoms with Crippen LogP contribution in [0.3, 0.4) is 0 Å². The molecule has 37 heavy (non-hydrogen) atoms. The number of amides is 3. The van der Waals surface area contributed by atoms with Crippen molar-refractivity contribution in [3.8, 4) is 11.5 Å². The highest BCUT2D eigenvalue weighted by Gasteiger charge is 2.31. The number of halogens is 4. The third-order valence-electron chi connectivity index (χ3n) is 5.14. The Morgan fingerprint density at radius 1 is 0.919 bits per heavy atom. The first-order valence-electron chi connectivity index (χ1n) is 10.6. The van der Waals surface area contributed by atoms with Crippen LogP contribution >= 0.6 is 0 Å². The van der Waals surface area contributed by atoms with Crippen LogP contribution in [0.2, 0.25) is 0 Å². The zero-order valence-electron chi connectivity index (χ0n) is 19.3. The summed E-state index contributed by atoms with van der Waals surface area (Å²) >= 11 is 0. The smallest absolute Gasteiger partial charge is 0.416 e. The van der Waals surface area contributed by atoms with Gasteiger partial charge < -0.3 is 24.7 Å². The van der Waals surface area contributed by atoms with Gasteiger partial charge in [0.05, 0.1) is 29.4 Å². The van der Waals surface area contributed by atoms with Crippen molar-refractivity contribution in [1.82, 2.24) is 9.55 Å². The largest absolute Gasteiger partial charge is 0.457 e. The number of methoxy groups -OCH3 is 1. The van der Waals surface area contributed by atoms with Gasteiger partial charge in [-0.15, -0.1) is 0 Å². The molecule has 0 atom stereocenters. The van der Waals surface area contributed by atoms with E-state index < -0.39 is 35.4 Å². The molecule has 0 radical (unpaired) electrons. The van der Waals surface area contributed by atoms with Crippen molar-refractivity contribution in [2.24, 2.45) is 7.05 Å². The van der Waals surface area contributed by atoms with Gasteiger partial charge in [0.25, 0.3) is 0 Å². The van der Waals surface area contributed by atoms with Crippen LogP contribution in [0.1, 0.15) is 5.56 Å². The van der Waals surface area contributed by atoms with E-state index in [9.17, 15) is 27.2 Å². The van der Waals surface area contributed by atoms with Crippen LogP contribution in [0, 0.1) is 5.82 Å². The Hall–Kier alpha value is -4.81.